The van der Waals surface area contributed by atoms with Crippen molar-refractivity contribution >= 4 is 17.2 Å². The molecule has 4 nitrogen and oxygen atoms in total. The Morgan fingerprint density at radius 1 is 1.25 bits per heavy atom. The molecule has 2 rings (SSSR count). The van der Waals surface area contributed by atoms with Gasteiger partial charge in [-0.2, -0.15) is 0 Å². The zero-order chi connectivity index (χ0) is 14.9. The fourth-order valence-electron chi connectivity index (χ4n) is 1.91. The summed E-state index contributed by atoms with van der Waals surface area (Å²) in [4.78, 5) is 16.6. The van der Waals surface area contributed by atoms with Crippen molar-refractivity contribution in [2.45, 2.75) is 33.1 Å². The average Bonchev–Trinajstić information content (AvgIpc) is 2.79. The predicted octanol–water partition coefficient (Wildman–Crippen LogP) is 3.02. The van der Waals surface area contributed by atoms with Gasteiger partial charge in [0.2, 0.25) is 0 Å². The Labute approximate surface area is 123 Å². The standard InChI is InChI=1S/C15H19N3OS/c1-9-12(13(19)18-16)20-14(17-9)10-5-7-11(8-6-10)15(2,3)4/h5-8H,16H2,1-4H3,(H,18,19). The van der Waals surface area contributed by atoms with Crippen LogP contribution in [0.15, 0.2) is 24.3 Å². The maximum absolute atomic E-state index is 11.6. The van der Waals surface area contributed by atoms with E-state index in [4.69, 9.17) is 5.84 Å². The van der Waals surface area contributed by atoms with Crippen molar-refractivity contribution < 1.29 is 4.79 Å². The first-order valence-corrected chi connectivity index (χ1v) is 7.24. The molecule has 0 fully saturated rings. The van der Waals surface area contributed by atoms with Gasteiger partial charge in [-0.05, 0) is 17.9 Å². The van der Waals surface area contributed by atoms with Gasteiger partial charge in [0.1, 0.15) is 9.88 Å². The smallest absolute Gasteiger partial charge is 0.277 e. The maximum atomic E-state index is 11.6. The average molecular weight is 289 g/mol. The molecule has 0 saturated carbocycles. The Hall–Kier alpha value is -1.72. The summed E-state index contributed by atoms with van der Waals surface area (Å²) in [6, 6.07) is 8.30. The number of aryl methyl sites for hydroxylation is 1. The molecule has 0 aliphatic heterocycles. The van der Waals surface area contributed by atoms with Gasteiger partial charge in [0, 0.05) is 5.56 Å². The predicted molar refractivity (Wildman–Crippen MR) is 82.6 cm³/mol. The normalized spacial score (nSPS) is 11.4. The number of aromatic nitrogens is 1. The molecule has 0 atom stereocenters. The molecule has 1 aromatic carbocycles. The molecule has 2 aromatic rings. The molecule has 0 bridgehead atoms. The van der Waals surface area contributed by atoms with Crippen LogP contribution in [-0.4, -0.2) is 10.9 Å². The van der Waals surface area contributed by atoms with Crippen LogP contribution in [0.1, 0.15) is 41.7 Å². The molecule has 0 aliphatic carbocycles. The highest BCUT2D eigenvalue weighted by molar-refractivity contribution is 7.17. The molecule has 20 heavy (non-hydrogen) atoms. The largest absolute Gasteiger partial charge is 0.289 e. The van der Waals surface area contributed by atoms with Gasteiger partial charge in [-0.15, -0.1) is 11.3 Å². The maximum Gasteiger partial charge on any atom is 0.277 e. The Bertz CT molecular complexity index is 624. The Morgan fingerprint density at radius 3 is 2.35 bits per heavy atom. The van der Waals surface area contributed by atoms with Crippen molar-refractivity contribution in [2.24, 2.45) is 5.84 Å². The molecule has 0 spiro atoms. The van der Waals surface area contributed by atoms with Gasteiger partial charge < -0.3 is 0 Å². The lowest BCUT2D eigenvalue weighted by atomic mass is 9.87. The van der Waals surface area contributed by atoms with Gasteiger partial charge in [0.25, 0.3) is 5.91 Å². The summed E-state index contributed by atoms with van der Waals surface area (Å²) in [6.07, 6.45) is 0. The Kier molecular flexibility index (Phi) is 3.92. The highest BCUT2D eigenvalue weighted by atomic mass is 32.1. The van der Waals surface area contributed by atoms with Crippen LogP contribution in [0.3, 0.4) is 0 Å². The number of carbonyl (C=O) groups excluding carboxylic acids is 1. The van der Waals surface area contributed by atoms with Crippen molar-refractivity contribution in [3.63, 3.8) is 0 Å². The molecule has 0 saturated heterocycles. The van der Waals surface area contributed by atoms with Crippen LogP contribution in [0, 0.1) is 6.92 Å². The monoisotopic (exact) mass is 289 g/mol. The summed E-state index contributed by atoms with van der Waals surface area (Å²) in [7, 11) is 0. The summed E-state index contributed by atoms with van der Waals surface area (Å²) < 4.78 is 0. The molecule has 1 aromatic heterocycles. The van der Waals surface area contributed by atoms with Gasteiger partial charge in [-0.3, -0.25) is 10.2 Å². The summed E-state index contributed by atoms with van der Waals surface area (Å²) in [5, 5.41) is 0.835. The van der Waals surface area contributed by atoms with E-state index in [1.54, 1.807) is 0 Å². The third kappa shape index (κ3) is 2.89. The highest BCUT2D eigenvalue weighted by Crippen LogP contribution is 2.30. The van der Waals surface area contributed by atoms with Crippen LogP contribution in [-0.2, 0) is 5.41 Å². The fraction of sp³-hybridized carbons (Fsp3) is 0.333. The second kappa shape index (κ2) is 5.34. The van der Waals surface area contributed by atoms with Crippen LogP contribution in [0.5, 0.6) is 0 Å². The lowest BCUT2D eigenvalue weighted by Gasteiger charge is -2.18. The molecule has 3 N–H and O–H groups in total. The van der Waals surface area contributed by atoms with Gasteiger partial charge in [-0.1, -0.05) is 45.0 Å². The number of nitrogens with one attached hydrogen (secondary N) is 1. The van der Waals surface area contributed by atoms with Crippen molar-refractivity contribution in [3.8, 4) is 10.6 Å². The molecule has 106 valence electrons. The quantitative estimate of drug-likeness (QED) is 0.507. The second-order valence-corrected chi connectivity index (χ2v) is 6.73. The number of hydrogen-bond acceptors (Lipinski definition) is 4. The number of carbonyl (C=O) groups is 1. The van der Waals surface area contributed by atoms with E-state index in [-0.39, 0.29) is 11.3 Å². The molecule has 0 radical (unpaired) electrons. The van der Waals surface area contributed by atoms with E-state index < -0.39 is 0 Å². The van der Waals surface area contributed by atoms with Crippen molar-refractivity contribution in [1.29, 1.82) is 0 Å². The Balaban J connectivity index is 2.35. The highest BCUT2D eigenvalue weighted by Gasteiger charge is 2.17. The summed E-state index contributed by atoms with van der Waals surface area (Å²) in [5.41, 5.74) is 5.26. The third-order valence-electron chi connectivity index (χ3n) is 3.13. The first kappa shape index (κ1) is 14.7. The topological polar surface area (TPSA) is 68.0 Å². The number of nitrogens with zero attached hydrogens (tertiary/aromatic N) is 1. The number of amides is 1. The molecule has 0 unspecified atom stereocenters. The number of nitrogens with two attached hydrogens (primary N) is 1. The lowest BCUT2D eigenvalue weighted by molar-refractivity contribution is 0.0957. The van der Waals surface area contributed by atoms with Crippen LogP contribution < -0.4 is 11.3 Å². The molecule has 1 amide bonds. The second-order valence-electron chi connectivity index (χ2n) is 5.73. The third-order valence-corrected chi connectivity index (χ3v) is 4.34. The summed E-state index contributed by atoms with van der Waals surface area (Å²) in [6.45, 7) is 8.35. The summed E-state index contributed by atoms with van der Waals surface area (Å²) in [5.74, 6) is 4.87. The van der Waals surface area contributed by atoms with Crippen molar-refractivity contribution in [1.82, 2.24) is 10.4 Å². The van der Waals surface area contributed by atoms with E-state index in [1.807, 2.05) is 19.1 Å². The van der Waals surface area contributed by atoms with E-state index in [0.717, 1.165) is 10.6 Å². The van der Waals surface area contributed by atoms with E-state index in [0.29, 0.717) is 10.6 Å². The van der Waals surface area contributed by atoms with E-state index in [2.05, 4.69) is 43.3 Å². The van der Waals surface area contributed by atoms with Gasteiger partial charge in [0.05, 0.1) is 5.69 Å². The Morgan fingerprint density at radius 2 is 1.85 bits per heavy atom. The van der Waals surface area contributed by atoms with Gasteiger partial charge in [0.15, 0.2) is 0 Å². The first-order valence-electron chi connectivity index (χ1n) is 6.42. The van der Waals surface area contributed by atoms with E-state index in [1.165, 1.54) is 16.9 Å². The van der Waals surface area contributed by atoms with E-state index >= 15 is 0 Å². The number of rotatable bonds is 2. The van der Waals surface area contributed by atoms with Crippen LogP contribution in [0.25, 0.3) is 10.6 Å². The van der Waals surface area contributed by atoms with Crippen molar-refractivity contribution in [3.05, 3.63) is 40.4 Å². The number of nitrogen functional groups attached to an aromatic ring is 1. The number of benzene rings is 1. The molecule has 5 heteroatoms. The zero-order valence-corrected chi connectivity index (χ0v) is 13.0. The first-order chi connectivity index (χ1) is 9.32. The molecular formula is C15H19N3OS. The molecule has 0 aliphatic rings. The van der Waals surface area contributed by atoms with Gasteiger partial charge >= 0.3 is 0 Å². The van der Waals surface area contributed by atoms with E-state index in [9.17, 15) is 4.79 Å². The SMILES string of the molecule is Cc1nc(-c2ccc(C(C)(C)C)cc2)sc1C(=O)NN. The van der Waals surface area contributed by atoms with Crippen molar-refractivity contribution in [2.75, 3.05) is 0 Å². The van der Waals surface area contributed by atoms with Crippen LogP contribution in [0.4, 0.5) is 0 Å². The fourth-order valence-corrected chi connectivity index (χ4v) is 2.88. The zero-order valence-electron chi connectivity index (χ0n) is 12.2. The minimum atomic E-state index is -0.294. The molecular weight excluding hydrogens is 270 g/mol. The van der Waals surface area contributed by atoms with Crippen LogP contribution >= 0.6 is 11.3 Å². The minimum absolute atomic E-state index is 0.127. The lowest BCUT2D eigenvalue weighted by Crippen LogP contribution is -2.29. The number of hydrazine groups is 1. The van der Waals surface area contributed by atoms with Crippen LogP contribution in [0.2, 0.25) is 0 Å². The number of thiazole rings is 1. The number of hydrogen-bond donors (Lipinski definition) is 2. The van der Waals surface area contributed by atoms with Gasteiger partial charge in [-0.25, -0.2) is 10.8 Å². The minimum Gasteiger partial charge on any atom is -0.289 e. The summed E-state index contributed by atoms with van der Waals surface area (Å²) >= 11 is 1.36. The molecule has 1 heterocycles.